The number of ether oxygens (including phenoxy) is 4. The van der Waals surface area contributed by atoms with Gasteiger partial charge in [0.1, 0.15) is 62.4 Å². The summed E-state index contributed by atoms with van der Waals surface area (Å²) >= 11 is 0. The third-order valence-corrected chi connectivity index (χ3v) is 28.4. The highest BCUT2D eigenvalue weighted by atomic mass is 19.1. The van der Waals surface area contributed by atoms with Gasteiger partial charge in [-0.15, -0.1) is 0 Å². The molecule has 784 valence electrons. The van der Waals surface area contributed by atoms with E-state index in [1.807, 2.05) is 26.0 Å². The van der Waals surface area contributed by atoms with Crippen LogP contribution in [0.15, 0.2) is 46.0 Å². The van der Waals surface area contributed by atoms with Gasteiger partial charge >= 0.3 is 11.9 Å². The van der Waals surface area contributed by atoms with Gasteiger partial charge in [0.05, 0.1) is 82.8 Å². The van der Waals surface area contributed by atoms with Crippen molar-refractivity contribution in [2.24, 2.45) is 41.4 Å². The number of nitrogens with zero attached hydrogens (tertiary/aromatic N) is 6. The number of aromatic nitrogens is 4. The van der Waals surface area contributed by atoms with Gasteiger partial charge in [0.25, 0.3) is 11.1 Å². The number of aryl methyl sites for hydroxylation is 2. The summed E-state index contributed by atoms with van der Waals surface area (Å²) in [6.07, 6.45) is -1.31. The number of benzene rings is 2. The Morgan fingerprint density at radius 3 is 1.37 bits per heavy atom. The molecule has 12 rings (SSSR count). The molecular formula is C104H137F2N11O27. The van der Waals surface area contributed by atoms with Gasteiger partial charge in [0.15, 0.2) is 22.8 Å². The molecule has 0 radical (unpaired) electrons. The van der Waals surface area contributed by atoms with Crippen molar-refractivity contribution < 1.29 is 131 Å². The number of carbonyl (C=O) groups is 14. The minimum Gasteiger partial charge on any atom is -0.458 e. The van der Waals surface area contributed by atoms with Crippen LogP contribution in [0.1, 0.15) is 260 Å². The van der Waals surface area contributed by atoms with Gasteiger partial charge in [0, 0.05) is 159 Å². The lowest BCUT2D eigenvalue weighted by Gasteiger charge is -2.31. The van der Waals surface area contributed by atoms with Crippen LogP contribution in [0.2, 0.25) is 0 Å². The number of ketones is 3. The van der Waals surface area contributed by atoms with Crippen molar-refractivity contribution in [2.75, 3.05) is 52.9 Å². The van der Waals surface area contributed by atoms with Crippen molar-refractivity contribution in [2.45, 2.75) is 305 Å². The van der Waals surface area contributed by atoms with E-state index in [9.17, 15) is 107 Å². The summed E-state index contributed by atoms with van der Waals surface area (Å²) in [5.74, 6) is -10.7. The fraction of sp³-hybridized carbons (Fsp3) is 0.596. The molecule has 2 saturated heterocycles. The van der Waals surface area contributed by atoms with Gasteiger partial charge in [-0.1, -0.05) is 82.1 Å². The maximum atomic E-state index is 15.5. The second kappa shape index (κ2) is 49.9. The lowest BCUT2D eigenvalue weighted by Crippen LogP contribution is -2.49. The molecule has 6 aliphatic heterocycles. The van der Waals surface area contributed by atoms with Crippen LogP contribution in [-0.4, -0.2) is 237 Å². The number of aliphatic hydroxyl groups is 7. The first-order valence-corrected chi connectivity index (χ1v) is 50.0. The molecule has 0 bridgehead atoms. The number of cyclic esters (lactones) is 2. The lowest BCUT2D eigenvalue weighted by molar-refractivity contribution is -0.172. The van der Waals surface area contributed by atoms with Crippen LogP contribution >= 0.6 is 0 Å². The Hall–Kier alpha value is -11.8. The molecule has 38 nitrogen and oxygen atoms in total. The summed E-state index contributed by atoms with van der Waals surface area (Å²) in [4.78, 5) is 219. The number of pyridine rings is 4. The van der Waals surface area contributed by atoms with E-state index in [2.05, 4.69) is 26.6 Å². The standard InChI is InChI=1S/C58H79FN6O17.C46H58FN5O10/c1-7-58(80)40-23-43-50-35(26-65(43)56(78)39(40)28-82-57(58)79)22-38-37(33(6)41(59)24-42(38)62-50)14-10-12-18-81-29-61-53(75)31(4)19-44(68)49(30(2)3)63-54(76)34(15-16-47(71)60-25-45(69)51(73)52(74)46(70)27-66)21-36(67)13-9-8-11-17-64-48(72)20-32(5)55(64)77;1-7-46(60)33-20-36-41-29(22-52(36)44(58)32(33)23-62-45(46)59)19-31-30(28(6)34(47)21-35(31)49-41)13-10-12-16-61-24-48-42(56)26(4)17-37(53)40(25(2)3)50-38(54)14-9-8-11-15-51-39(55)18-27(5)43(51)57/h22-24,30-32,34,45-46,49,51-52,66,69-70,73-74,80H,7-21,25-29H2,1-6H3,(H,60,71)(H,61,75)(H,63,76);19-21,25-27,40,60H,7-18,22-24H2,1-6H3,(H,48,56)(H,50,54)/t31-,32?,34-,45+,46-,49?,51-,52-,58+;26-,27?,40+,46+/m11/s1. The predicted octanol–water partition coefficient (Wildman–Crippen LogP) is 6.17. The van der Waals surface area contributed by atoms with Crippen LogP contribution in [0.3, 0.4) is 0 Å². The molecular weight excluding hydrogens is 1870 g/mol. The quantitative estimate of drug-likeness (QED) is 0.00877. The van der Waals surface area contributed by atoms with Crippen LogP contribution in [0.4, 0.5) is 8.78 Å². The Morgan fingerprint density at radius 2 is 0.951 bits per heavy atom. The van der Waals surface area contributed by atoms with Gasteiger partial charge in [-0.05, 0) is 156 Å². The fourth-order valence-corrected chi connectivity index (χ4v) is 19.4. The molecule has 9 amide bonds. The molecule has 12 N–H and O–H groups in total. The van der Waals surface area contributed by atoms with E-state index in [1.165, 1.54) is 26.5 Å². The van der Waals surface area contributed by atoms with Gasteiger partial charge in [-0.3, -0.25) is 76.9 Å². The summed E-state index contributed by atoms with van der Waals surface area (Å²) in [5.41, 5.74) is 2.69. The van der Waals surface area contributed by atoms with Crippen molar-refractivity contribution in [3.63, 3.8) is 0 Å². The highest BCUT2D eigenvalue weighted by molar-refractivity contribution is 6.04. The van der Waals surface area contributed by atoms with Crippen LogP contribution in [0.25, 0.3) is 44.6 Å². The molecule has 2 fully saturated rings. The SMILES string of the molecule is CC[C@@]1(O)C(=O)OCc2c1cc1n(c2=O)Cc2cc3c(CCCCOCNC(=O)[C@H](C)CC(=O)C(NC(=O)[C@H](CCC(=O)NC[C@H](O)[C@@H](O)[C@H](O)[C@H](O)CO)CC(=O)CCCCCN4C(=O)CC(C)C4=O)C(C)C)c(C)c(F)cc3nc2-1.CC[C@@]1(O)C(=O)OCc2c1cc1n(c2=O)Cc2cc3c(CCCCOCNC(=O)[C@H](C)CC(=O)[C@@H](NC(=O)CCCCCN4C(=O)CC(C)C4=O)C(C)C)c(C)c(F)cc3nc2-1. The number of hydrogen-bond acceptors (Lipinski definition) is 29. The van der Waals surface area contributed by atoms with Crippen molar-refractivity contribution in [1.29, 1.82) is 0 Å². The molecule has 4 aromatic heterocycles. The maximum absolute atomic E-state index is 15.5. The highest BCUT2D eigenvalue weighted by Crippen LogP contribution is 2.43. The van der Waals surface area contributed by atoms with E-state index >= 15 is 8.78 Å². The third kappa shape index (κ3) is 26.2. The van der Waals surface area contributed by atoms with E-state index in [0.717, 1.165) is 33.0 Å². The monoisotopic (exact) mass is 2010 g/mol. The van der Waals surface area contributed by atoms with Gasteiger partial charge in [-0.2, -0.15) is 0 Å². The van der Waals surface area contributed by atoms with Crippen molar-refractivity contribution in [3.05, 3.63) is 124 Å². The molecule has 40 heteroatoms. The van der Waals surface area contributed by atoms with Crippen molar-refractivity contribution in [1.82, 2.24) is 55.5 Å². The van der Waals surface area contributed by atoms with Crippen LogP contribution in [0.5, 0.6) is 0 Å². The normalized spacial score (nSPS) is 19.1. The van der Waals surface area contributed by atoms with E-state index in [4.69, 9.17) is 34.0 Å². The number of likely N-dealkylation sites (tertiary alicyclic amines) is 2. The molecule has 6 aromatic rings. The number of halogens is 2. The minimum atomic E-state index is -1.99. The molecule has 13 atom stereocenters. The van der Waals surface area contributed by atoms with E-state index < -0.39 is 137 Å². The maximum Gasteiger partial charge on any atom is 0.343 e. The number of Topliss-reactive ketones (excluding diaryl/α,β-unsaturated/α-hetero) is 3. The highest BCUT2D eigenvalue weighted by Gasteiger charge is 2.48. The zero-order chi connectivity index (χ0) is 105. The second-order valence-electron chi connectivity index (χ2n) is 39.7. The van der Waals surface area contributed by atoms with E-state index in [0.29, 0.717) is 135 Å². The number of nitrogens with one attached hydrogen (secondary N) is 5. The fourth-order valence-electron chi connectivity index (χ4n) is 19.4. The summed E-state index contributed by atoms with van der Waals surface area (Å²) < 4.78 is 55.5. The number of fused-ring (bicyclic) bond motifs is 10. The van der Waals surface area contributed by atoms with Crippen molar-refractivity contribution >= 4 is 104 Å². The predicted molar refractivity (Wildman–Crippen MR) is 518 cm³/mol. The van der Waals surface area contributed by atoms with Gasteiger partial charge < -0.3 is 90.4 Å². The van der Waals surface area contributed by atoms with Crippen molar-refractivity contribution in [3.8, 4) is 22.8 Å². The molecule has 2 aromatic carbocycles. The molecule has 0 spiro atoms. The summed E-state index contributed by atoms with van der Waals surface area (Å²) in [6, 6.07) is 7.96. The Kier molecular flexibility index (Phi) is 39.0. The first kappa shape index (κ1) is 113. The van der Waals surface area contributed by atoms with Crippen LogP contribution < -0.4 is 37.7 Å². The molecule has 6 aliphatic rings. The minimum absolute atomic E-state index is 0.00566. The molecule has 10 heterocycles. The summed E-state index contributed by atoms with van der Waals surface area (Å²) in [5, 5.41) is 86.2. The Morgan fingerprint density at radius 1 is 0.521 bits per heavy atom. The number of carbonyl (C=O) groups excluding carboxylic acids is 14. The van der Waals surface area contributed by atoms with Gasteiger partial charge in [0.2, 0.25) is 53.2 Å². The Bertz CT molecular complexity index is 6000. The Balaban J connectivity index is 0.000000285. The van der Waals surface area contributed by atoms with Gasteiger partial charge in [-0.25, -0.2) is 28.3 Å². The largest absolute Gasteiger partial charge is 0.458 e. The van der Waals surface area contributed by atoms with Crippen LogP contribution in [-0.2, 0) is 136 Å². The number of hydrogen-bond donors (Lipinski definition) is 12. The first-order chi connectivity index (χ1) is 68.3. The molecule has 0 aliphatic carbocycles. The number of amides is 9. The molecule has 144 heavy (non-hydrogen) atoms. The summed E-state index contributed by atoms with van der Waals surface area (Å²) in [6.45, 7) is 19.7. The van der Waals surface area contributed by atoms with E-state index in [-0.39, 0.29) is 216 Å². The molecule has 3 unspecified atom stereocenters. The first-order valence-electron chi connectivity index (χ1n) is 50.0. The summed E-state index contributed by atoms with van der Waals surface area (Å²) in [7, 11) is 0. The number of unbranched alkanes of at least 4 members (excludes halogenated alkanes) is 6. The third-order valence-electron chi connectivity index (χ3n) is 28.4. The topological polar surface area (TPSA) is 554 Å². The average molecular weight is 2010 g/mol. The smallest absolute Gasteiger partial charge is 0.343 e. The zero-order valence-electron chi connectivity index (χ0n) is 84.0. The number of imide groups is 2. The Labute approximate surface area is 832 Å². The average Bonchev–Trinajstić information content (AvgIpc) is 1.56. The zero-order valence-corrected chi connectivity index (χ0v) is 84.0. The van der Waals surface area contributed by atoms with E-state index in [1.54, 1.807) is 85.9 Å². The number of rotatable bonds is 52. The number of aliphatic hydroxyl groups excluding tert-OH is 5. The molecule has 0 saturated carbocycles. The number of esters is 2. The van der Waals surface area contributed by atoms with Crippen LogP contribution in [0, 0.1) is 66.9 Å². The second-order valence-corrected chi connectivity index (χ2v) is 39.7. The lowest BCUT2D eigenvalue weighted by atomic mass is 9.86.